The minimum absolute atomic E-state index is 0.00539. The van der Waals surface area contributed by atoms with E-state index >= 15 is 0 Å². The van der Waals surface area contributed by atoms with Crippen molar-refractivity contribution in [1.82, 2.24) is 10.1 Å². The smallest absolute Gasteiger partial charge is 0.409 e. The van der Waals surface area contributed by atoms with Crippen molar-refractivity contribution in [2.45, 2.75) is 26.5 Å². The minimum atomic E-state index is -4.02. The van der Waals surface area contributed by atoms with E-state index < -0.39 is 37.1 Å². The highest BCUT2D eigenvalue weighted by Crippen LogP contribution is 2.50. The summed E-state index contributed by atoms with van der Waals surface area (Å²) < 4.78 is 50.3. The fourth-order valence-electron chi connectivity index (χ4n) is 2.83. The Kier molecular flexibility index (Phi) is 7.26. The maximum atomic E-state index is 13.8. The van der Waals surface area contributed by atoms with Gasteiger partial charge in [-0.05, 0) is 42.3 Å². The number of carbonyl (C=O) groups excluding carboxylic acids is 1. The van der Waals surface area contributed by atoms with Gasteiger partial charge in [-0.15, -0.1) is 0 Å². The highest BCUT2D eigenvalue weighted by Gasteiger charge is 2.33. The average molecular weight is 469 g/mol. The van der Waals surface area contributed by atoms with Crippen LogP contribution in [0.1, 0.15) is 19.4 Å². The number of fused-ring (bicyclic) bond motifs is 1. The number of nitrogens with one attached hydrogen (secondary N) is 1. The third-order valence-corrected chi connectivity index (χ3v) is 5.94. The van der Waals surface area contributed by atoms with Crippen molar-refractivity contribution in [2.24, 2.45) is 5.92 Å². The summed E-state index contributed by atoms with van der Waals surface area (Å²) in [6.45, 7) is -1.06. The second-order valence-electron chi connectivity index (χ2n) is 7.09. The number of carbonyl (C=O) groups is 1. The molecule has 0 bridgehead atoms. The Morgan fingerprint density at radius 3 is 2.68 bits per heavy atom. The van der Waals surface area contributed by atoms with Crippen molar-refractivity contribution in [2.75, 3.05) is 0 Å². The van der Waals surface area contributed by atoms with Crippen LogP contribution in [0.4, 0.5) is 8.78 Å². The standard InChI is InChI=1S/C21H20ClF2N2O4P/c1-13(2)20(21(27)29-12-14-8-9-15(23)11-17(14)24)26-31(22,28)30-19-7-3-6-18-16(19)5-4-10-25-18/h3-11,13,20H,12H2,1-2H3,(H,26,28). The molecule has 6 nitrogen and oxygen atoms in total. The van der Waals surface area contributed by atoms with Crippen LogP contribution in [0.25, 0.3) is 10.9 Å². The molecule has 2 unspecified atom stereocenters. The number of hydrogen-bond donors (Lipinski definition) is 1. The topological polar surface area (TPSA) is 77.5 Å². The summed E-state index contributed by atoms with van der Waals surface area (Å²) in [4.78, 5) is 16.7. The van der Waals surface area contributed by atoms with Crippen LogP contribution < -0.4 is 9.61 Å². The van der Waals surface area contributed by atoms with E-state index in [1.807, 2.05) is 0 Å². The first-order chi connectivity index (χ1) is 14.7. The van der Waals surface area contributed by atoms with E-state index in [-0.39, 0.29) is 17.2 Å². The quantitative estimate of drug-likeness (QED) is 0.343. The lowest BCUT2D eigenvalue weighted by molar-refractivity contribution is -0.148. The zero-order chi connectivity index (χ0) is 22.6. The van der Waals surface area contributed by atoms with Gasteiger partial charge in [-0.25, -0.2) is 18.4 Å². The Morgan fingerprint density at radius 2 is 1.97 bits per heavy atom. The number of aromatic nitrogens is 1. The molecule has 1 N–H and O–H groups in total. The highest BCUT2D eigenvalue weighted by molar-refractivity contribution is 7.84. The largest absolute Gasteiger partial charge is 0.460 e. The van der Waals surface area contributed by atoms with Gasteiger partial charge in [0.05, 0.1) is 5.52 Å². The van der Waals surface area contributed by atoms with Gasteiger partial charge in [0.1, 0.15) is 30.0 Å². The van der Waals surface area contributed by atoms with Crippen LogP contribution in [0.3, 0.4) is 0 Å². The van der Waals surface area contributed by atoms with E-state index in [0.29, 0.717) is 17.0 Å². The van der Waals surface area contributed by atoms with E-state index in [1.165, 1.54) is 6.07 Å². The van der Waals surface area contributed by atoms with Gasteiger partial charge in [0.2, 0.25) is 0 Å². The molecule has 164 valence electrons. The molecule has 2 atom stereocenters. The van der Waals surface area contributed by atoms with Gasteiger partial charge in [0, 0.05) is 34.5 Å². The van der Waals surface area contributed by atoms with E-state index in [4.69, 9.17) is 20.5 Å². The molecule has 10 heteroatoms. The van der Waals surface area contributed by atoms with Crippen LogP contribution in [0.5, 0.6) is 5.75 Å². The van der Waals surface area contributed by atoms with E-state index in [9.17, 15) is 18.1 Å². The molecule has 2 aromatic carbocycles. The van der Waals surface area contributed by atoms with Gasteiger partial charge in [0.15, 0.2) is 0 Å². The molecule has 0 saturated carbocycles. The number of hydrogen-bond acceptors (Lipinski definition) is 5. The molecule has 0 aliphatic carbocycles. The maximum Gasteiger partial charge on any atom is 0.409 e. The summed E-state index contributed by atoms with van der Waals surface area (Å²) in [5.41, 5.74) is 0.628. The zero-order valence-electron chi connectivity index (χ0n) is 16.7. The average Bonchev–Trinajstić information content (AvgIpc) is 2.71. The van der Waals surface area contributed by atoms with Crippen LogP contribution in [0.2, 0.25) is 0 Å². The molecule has 0 amide bonds. The molecule has 1 heterocycles. The van der Waals surface area contributed by atoms with Crippen LogP contribution in [0.15, 0.2) is 54.7 Å². The van der Waals surface area contributed by atoms with Crippen LogP contribution in [0, 0.1) is 17.6 Å². The van der Waals surface area contributed by atoms with E-state index in [2.05, 4.69) is 10.1 Å². The van der Waals surface area contributed by atoms with E-state index in [0.717, 1.165) is 6.07 Å². The third kappa shape index (κ3) is 6.00. The van der Waals surface area contributed by atoms with Crippen molar-refractivity contribution >= 4 is 35.0 Å². The molecule has 0 spiro atoms. The molecular formula is C21H20ClF2N2O4P. The predicted molar refractivity (Wildman–Crippen MR) is 114 cm³/mol. The summed E-state index contributed by atoms with van der Waals surface area (Å²) in [6.07, 6.45) is 1.61. The normalized spacial score (nSPS) is 14.3. The monoisotopic (exact) mass is 468 g/mol. The van der Waals surface area contributed by atoms with Gasteiger partial charge in [-0.1, -0.05) is 19.9 Å². The lowest BCUT2D eigenvalue weighted by atomic mass is 10.1. The summed E-state index contributed by atoms with van der Waals surface area (Å²) in [5, 5.41) is 3.12. The molecule has 0 aliphatic heterocycles. The van der Waals surface area contributed by atoms with Gasteiger partial charge < -0.3 is 9.26 Å². The van der Waals surface area contributed by atoms with Crippen LogP contribution >= 0.6 is 18.1 Å². The maximum absolute atomic E-state index is 13.8. The first kappa shape index (κ1) is 23.1. The van der Waals surface area contributed by atoms with E-state index in [1.54, 1.807) is 50.4 Å². The summed E-state index contributed by atoms with van der Waals surface area (Å²) in [6, 6.07) is 10.3. The number of benzene rings is 2. The second kappa shape index (κ2) is 9.73. The third-order valence-electron chi connectivity index (χ3n) is 4.42. The number of nitrogens with zero attached hydrogens (tertiary/aromatic N) is 1. The molecule has 0 saturated heterocycles. The molecule has 0 radical (unpaired) electrons. The van der Waals surface area contributed by atoms with Crippen molar-refractivity contribution in [1.29, 1.82) is 0 Å². The molecule has 3 aromatic rings. The van der Waals surface area contributed by atoms with Crippen LogP contribution in [-0.2, 0) is 20.7 Å². The first-order valence-corrected chi connectivity index (χ1v) is 11.9. The van der Waals surface area contributed by atoms with Gasteiger partial charge in [0.25, 0.3) is 0 Å². The zero-order valence-corrected chi connectivity index (χ0v) is 18.4. The second-order valence-corrected chi connectivity index (χ2v) is 9.83. The Hall–Kier alpha value is -2.54. The lowest BCUT2D eigenvalue weighted by Crippen LogP contribution is -2.40. The summed E-state index contributed by atoms with van der Waals surface area (Å²) >= 11 is 6.11. The van der Waals surface area contributed by atoms with Crippen molar-refractivity contribution < 1.29 is 27.4 Å². The van der Waals surface area contributed by atoms with Crippen molar-refractivity contribution in [3.8, 4) is 5.75 Å². The number of ether oxygens (including phenoxy) is 1. The first-order valence-electron chi connectivity index (χ1n) is 9.37. The molecule has 0 fully saturated rings. The number of esters is 1. The van der Waals surface area contributed by atoms with Crippen molar-refractivity contribution in [3.63, 3.8) is 0 Å². The SMILES string of the molecule is CC(C)C(NP(=O)(Cl)Oc1cccc2ncccc12)C(=O)OCc1ccc(F)cc1F. The van der Waals surface area contributed by atoms with Gasteiger partial charge in [-0.3, -0.25) is 9.78 Å². The Bertz CT molecular complexity index is 1140. The molecule has 0 aliphatic rings. The lowest BCUT2D eigenvalue weighted by Gasteiger charge is -2.24. The Morgan fingerprint density at radius 1 is 1.19 bits per heavy atom. The minimum Gasteiger partial charge on any atom is -0.460 e. The molecule has 31 heavy (non-hydrogen) atoms. The number of halogens is 3. The molecule has 3 rings (SSSR count). The van der Waals surface area contributed by atoms with Crippen molar-refractivity contribution in [3.05, 3.63) is 71.9 Å². The molecule has 1 aromatic heterocycles. The fraction of sp³-hybridized carbons (Fsp3) is 0.238. The van der Waals surface area contributed by atoms with Crippen LogP contribution in [-0.4, -0.2) is 17.0 Å². The van der Waals surface area contributed by atoms with Gasteiger partial charge >= 0.3 is 12.8 Å². The summed E-state index contributed by atoms with van der Waals surface area (Å²) in [7, 11) is 0. The Labute approximate surface area is 182 Å². The fourth-order valence-corrected chi connectivity index (χ4v) is 4.56. The highest BCUT2D eigenvalue weighted by atomic mass is 35.7. The predicted octanol–water partition coefficient (Wildman–Crippen LogP) is 5.60. The Balaban J connectivity index is 1.71. The summed E-state index contributed by atoms with van der Waals surface area (Å²) in [5.74, 6) is -2.52. The number of pyridine rings is 1. The molecular weight excluding hydrogens is 449 g/mol. The number of rotatable bonds is 8. The van der Waals surface area contributed by atoms with Gasteiger partial charge in [-0.2, -0.15) is 0 Å².